The molecule has 12 heteroatoms. The van der Waals surface area contributed by atoms with Gasteiger partial charge in [0, 0.05) is 24.7 Å². The van der Waals surface area contributed by atoms with E-state index in [9.17, 15) is 14.4 Å². The fourth-order valence-corrected chi connectivity index (χ4v) is 9.19. The number of likely N-dealkylation sites (tertiary alicyclic amines) is 1. The number of nitrogen functional groups attached to an aromatic ring is 1. The first-order valence-corrected chi connectivity index (χ1v) is 19.7. The summed E-state index contributed by atoms with van der Waals surface area (Å²) in [6.07, 6.45) is 8.06. The van der Waals surface area contributed by atoms with E-state index in [1.54, 1.807) is 0 Å². The topological polar surface area (TPSA) is 171 Å². The van der Waals surface area contributed by atoms with Crippen molar-refractivity contribution in [2.24, 2.45) is 23.7 Å². The van der Waals surface area contributed by atoms with E-state index in [1.165, 1.54) is 7.11 Å². The molecular weight excluding hydrogens is 705 g/mol. The van der Waals surface area contributed by atoms with Gasteiger partial charge in [-0.05, 0) is 89.8 Å². The highest BCUT2D eigenvalue weighted by molar-refractivity contribution is 5.86. The molecule has 6 N–H and O–H groups in total. The highest BCUT2D eigenvalue weighted by Gasteiger charge is 2.52. The van der Waals surface area contributed by atoms with Crippen LogP contribution in [0.2, 0.25) is 0 Å². The predicted octanol–water partition coefficient (Wildman–Crippen LogP) is 7.21. The summed E-state index contributed by atoms with van der Waals surface area (Å²) < 4.78 is 4.76. The van der Waals surface area contributed by atoms with Gasteiger partial charge in [-0.15, -0.1) is 0 Å². The number of nitrogens with two attached hydrogens (primary N) is 1. The molecule has 3 heterocycles. The molecule has 6 atom stereocenters. The van der Waals surface area contributed by atoms with E-state index in [1.807, 2.05) is 55.4 Å². The molecule has 2 unspecified atom stereocenters. The fraction of sp³-hybridized carbons (Fsp3) is 0.386. The fourth-order valence-electron chi connectivity index (χ4n) is 9.19. The van der Waals surface area contributed by atoms with Crippen LogP contribution in [0.25, 0.3) is 33.6 Å². The standard InChI is InChI=1S/C44H50N8O4/c1-25(2)39(51-44(55)56-3)43(54)52-20-4-5-36(52)40-46-23-34(49-40)29-12-8-27(9-13-29)28-10-14-30(15-11-28)35-24-47-41(50-35)37-31-16-17-32(21-31)38(37)42(53)48-22-26-6-18-33(45)19-7-26/h6-15,18-19,23-25,31-32,36-39H,4-5,16-17,20-22,45H2,1-3H3,(H,46,49)(H,47,50)(H,48,53)(H,51,55)/t31?,32?,36-,37-,38-,39-/m0/s1. The van der Waals surface area contributed by atoms with E-state index in [2.05, 4.69) is 74.1 Å². The molecule has 3 fully saturated rings. The second-order valence-corrected chi connectivity index (χ2v) is 15.9. The summed E-state index contributed by atoms with van der Waals surface area (Å²) in [7, 11) is 1.30. The van der Waals surface area contributed by atoms with Gasteiger partial charge in [0.05, 0.1) is 42.9 Å². The molecule has 2 aliphatic carbocycles. The van der Waals surface area contributed by atoms with Crippen molar-refractivity contribution < 1.29 is 19.1 Å². The molecule has 12 nitrogen and oxygen atoms in total. The summed E-state index contributed by atoms with van der Waals surface area (Å²) >= 11 is 0. The van der Waals surface area contributed by atoms with E-state index < -0.39 is 12.1 Å². The number of nitrogens with one attached hydrogen (secondary N) is 4. The van der Waals surface area contributed by atoms with E-state index in [0.717, 1.165) is 83.0 Å². The van der Waals surface area contributed by atoms with E-state index in [4.69, 9.17) is 15.5 Å². The number of benzene rings is 3. The van der Waals surface area contributed by atoms with Crippen LogP contribution in [0, 0.1) is 23.7 Å². The number of methoxy groups -OCH3 is 1. The minimum Gasteiger partial charge on any atom is -0.453 e. The highest BCUT2D eigenvalue weighted by Crippen LogP contribution is 2.56. The van der Waals surface area contributed by atoms with E-state index >= 15 is 0 Å². The van der Waals surface area contributed by atoms with Crippen LogP contribution in [0.15, 0.2) is 85.2 Å². The number of amides is 3. The normalized spacial score (nSPS) is 22.0. The van der Waals surface area contributed by atoms with Gasteiger partial charge in [-0.1, -0.05) is 74.5 Å². The quantitative estimate of drug-likeness (QED) is 0.0888. The SMILES string of the molecule is COC(=O)N[C@H](C(=O)N1CCC[C@H]1c1ncc(-c2ccc(-c3ccc(-c4cnc([C@H]5C6CCC(C6)[C@@H]5C(=O)NCc5ccc(N)cc5)[nH]4)cc3)cc2)[nH]1)C(C)C. The third kappa shape index (κ3) is 7.39. The molecule has 2 aromatic heterocycles. The molecule has 0 radical (unpaired) electrons. The van der Waals surface area contributed by atoms with Crippen molar-refractivity contribution in [1.29, 1.82) is 0 Å². The summed E-state index contributed by atoms with van der Waals surface area (Å²) in [5.74, 6) is 2.39. The van der Waals surface area contributed by atoms with Crippen LogP contribution in [0.4, 0.5) is 10.5 Å². The number of anilines is 1. The van der Waals surface area contributed by atoms with Crippen LogP contribution in [-0.2, 0) is 20.9 Å². The Labute approximate surface area is 327 Å². The van der Waals surface area contributed by atoms with Crippen LogP contribution in [0.5, 0.6) is 0 Å². The van der Waals surface area contributed by atoms with Crippen LogP contribution in [-0.4, -0.2) is 62.4 Å². The average Bonchev–Trinajstić information content (AvgIpc) is 4.08. The summed E-state index contributed by atoms with van der Waals surface area (Å²) in [4.78, 5) is 57.5. The largest absolute Gasteiger partial charge is 0.453 e. The molecule has 0 spiro atoms. The number of H-pyrrole nitrogens is 2. The molecule has 1 saturated heterocycles. The van der Waals surface area contributed by atoms with Crippen molar-refractivity contribution in [2.45, 2.75) is 70.5 Å². The molecule has 2 bridgehead atoms. The smallest absolute Gasteiger partial charge is 0.407 e. The van der Waals surface area contributed by atoms with Gasteiger partial charge in [0.1, 0.15) is 17.7 Å². The maximum atomic E-state index is 13.6. The number of carbonyl (C=O) groups excluding carboxylic acids is 3. The third-order valence-electron chi connectivity index (χ3n) is 12.1. The minimum atomic E-state index is -0.678. The van der Waals surface area contributed by atoms with Gasteiger partial charge >= 0.3 is 6.09 Å². The highest BCUT2D eigenvalue weighted by atomic mass is 16.5. The Balaban J connectivity index is 0.914. The first-order valence-electron chi connectivity index (χ1n) is 19.7. The van der Waals surface area contributed by atoms with E-state index in [-0.39, 0.29) is 35.6 Å². The first kappa shape index (κ1) is 37.0. The Morgan fingerprint density at radius 1 is 0.821 bits per heavy atom. The average molecular weight is 755 g/mol. The zero-order chi connectivity index (χ0) is 38.9. The zero-order valence-corrected chi connectivity index (χ0v) is 32.1. The maximum Gasteiger partial charge on any atom is 0.407 e. The second kappa shape index (κ2) is 15.7. The summed E-state index contributed by atoms with van der Waals surface area (Å²) in [5, 5.41) is 5.90. The number of aromatic amines is 2. The Morgan fingerprint density at radius 3 is 2.04 bits per heavy atom. The van der Waals surface area contributed by atoms with Gasteiger partial charge < -0.3 is 36.0 Å². The monoisotopic (exact) mass is 754 g/mol. The molecule has 290 valence electrons. The molecular formula is C44H50N8O4. The third-order valence-corrected chi connectivity index (χ3v) is 12.1. The number of ether oxygens (including phenoxy) is 1. The van der Waals surface area contributed by atoms with Crippen molar-refractivity contribution in [3.63, 3.8) is 0 Å². The van der Waals surface area contributed by atoms with Crippen LogP contribution < -0.4 is 16.4 Å². The molecule has 3 aliphatic rings. The van der Waals surface area contributed by atoms with Gasteiger partial charge in [0.25, 0.3) is 0 Å². The van der Waals surface area contributed by atoms with Gasteiger partial charge in [-0.2, -0.15) is 0 Å². The van der Waals surface area contributed by atoms with Crippen molar-refractivity contribution in [1.82, 2.24) is 35.5 Å². The molecule has 2 saturated carbocycles. The second-order valence-electron chi connectivity index (χ2n) is 15.9. The Kier molecular flexibility index (Phi) is 10.4. The number of alkyl carbamates (subject to hydrolysis) is 1. The maximum absolute atomic E-state index is 13.6. The number of rotatable bonds is 11. The number of imidazole rings is 2. The number of hydrogen-bond donors (Lipinski definition) is 5. The molecule has 3 aromatic carbocycles. The Morgan fingerprint density at radius 2 is 1.41 bits per heavy atom. The molecule has 5 aromatic rings. The van der Waals surface area contributed by atoms with Gasteiger partial charge in [0.2, 0.25) is 11.8 Å². The van der Waals surface area contributed by atoms with Crippen LogP contribution in [0.1, 0.15) is 75.1 Å². The van der Waals surface area contributed by atoms with Crippen LogP contribution in [0.3, 0.4) is 0 Å². The predicted molar refractivity (Wildman–Crippen MR) is 215 cm³/mol. The van der Waals surface area contributed by atoms with E-state index in [0.29, 0.717) is 30.6 Å². The number of nitrogens with zero attached hydrogens (tertiary/aromatic N) is 3. The van der Waals surface area contributed by atoms with Crippen LogP contribution >= 0.6 is 0 Å². The number of carbonyl (C=O) groups is 3. The summed E-state index contributed by atoms with van der Waals surface area (Å²) in [6.45, 7) is 4.91. The Hall–Kier alpha value is -5.91. The molecule has 3 amide bonds. The lowest BCUT2D eigenvalue weighted by Crippen LogP contribution is -2.51. The lowest BCUT2D eigenvalue weighted by molar-refractivity contribution is -0.135. The van der Waals surface area contributed by atoms with Crippen molar-refractivity contribution in [3.8, 4) is 33.6 Å². The molecule has 56 heavy (non-hydrogen) atoms. The molecule has 1 aliphatic heterocycles. The lowest BCUT2D eigenvalue weighted by atomic mass is 9.78. The van der Waals surface area contributed by atoms with Crippen molar-refractivity contribution in [2.75, 3.05) is 19.4 Å². The van der Waals surface area contributed by atoms with Gasteiger partial charge in [0.15, 0.2) is 0 Å². The first-order chi connectivity index (χ1) is 27.2. The number of aromatic nitrogens is 4. The summed E-state index contributed by atoms with van der Waals surface area (Å²) in [5.41, 5.74) is 13.6. The lowest BCUT2D eigenvalue weighted by Gasteiger charge is -2.30. The number of fused-ring (bicyclic) bond motifs is 2. The van der Waals surface area contributed by atoms with Gasteiger partial charge in [-0.3, -0.25) is 9.59 Å². The van der Waals surface area contributed by atoms with Crippen molar-refractivity contribution in [3.05, 3.63) is 102 Å². The van der Waals surface area contributed by atoms with Gasteiger partial charge in [-0.25, -0.2) is 14.8 Å². The molecule has 8 rings (SSSR count). The summed E-state index contributed by atoms with van der Waals surface area (Å²) in [6, 6.07) is 23.6. The van der Waals surface area contributed by atoms with Crippen molar-refractivity contribution >= 4 is 23.6 Å². The Bertz CT molecular complexity index is 2180. The number of hydrogen-bond acceptors (Lipinski definition) is 7. The zero-order valence-electron chi connectivity index (χ0n) is 32.1. The minimum absolute atomic E-state index is 0.0823.